The van der Waals surface area contributed by atoms with Gasteiger partial charge < -0.3 is 10.2 Å². The topological polar surface area (TPSA) is 40.5 Å². The third kappa shape index (κ3) is 3.49. The van der Waals surface area contributed by atoms with E-state index >= 15 is 0 Å². The Labute approximate surface area is 173 Å². The van der Waals surface area contributed by atoms with E-state index in [0.717, 1.165) is 54.8 Å². The number of fused-ring (bicyclic) bond motifs is 5. The number of hydrogen-bond acceptors (Lipinski definition) is 2. The minimum absolute atomic E-state index is 0.0323. The second kappa shape index (κ2) is 7.26. The van der Waals surface area contributed by atoms with Crippen LogP contribution in [0, 0.1) is 46.3 Å². The van der Waals surface area contributed by atoms with Crippen LogP contribution in [-0.2, 0) is 0 Å². The van der Waals surface area contributed by atoms with Crippen LogP contribution in [0.4, 0.5) is 0 Å². The molecular formula is C26H46O2. The molecule has 0 aromatic rings. The van der Waals surface area contributed by atoms with Crippen molar-refractivity contribution in [2.75, 3.05) is 0 Å². The Kier molecular flexibility index (Phi) is 5.49. The van der Waals surface area contributed by atoms with Crippen LogP contribution in [0.5, 0.6) is 0 Å². The maximum absolute atomic E-state index is 10.2. The second-order valence-electron chi connectivity index (χ2n) is 12.7. The van der Waals surface area contributed by atoms with E-state index in [1.54, 1.807) is 0 Å². The van der Waals surface area contributed by atoms with Crippen LogP contribution in [0.2, 0.25) is 0 Å². The van der Waals surface area contributed by atoms with Gasteiger partial charge >= 0.3 is 0 Å². The van der Waals surface area contributed by atoms with Gasteiger partial charge in [0.1, 0.15) is 0 Å². The molecule has 0 spiro atoms. The summed E-state index contributed by atoms with van der Waals surface area (Å²) < 4.78 is 0. The summed E-state index contributed by atoms with van der Waals surface area (Å²) >= 11 is 0. The van der Waals surface area contributed by atoms with Crippen molar-refractivity contribution >= 4 is 0 Å². The fourth-order valence-corrected chi connectivity index (χ4v) is 9.07. The summed E-state index contributed by atoms with van der Waals surface area (Å²) in [4.78, 5) is 0. The fourth-order valence-electron chi connectivity index (χ4n) is 9.07. The molecule has 2 heteroatoms. The minimum atomic E-state index is -0.516. The minimum Gasteiger partial charge on any atom is -0.393 e. The molecule has 0 amide bonds. The summed E-state index contributed by atoms with van der Waals surface area (Å²) in [6.45, 7) is 11.7. The lowest BCUT2D eigenvalue weighted by atomic mass is 9.44. The number of rotatable bonds is 4. The molecule has 0 radical (unpaired) electrons. The first-order chi connectivity index (χ1) is 13.0. The van der Waals surface area contributed by atoms with Crippen molar-refractivity contribution in [2.45, 2.75) is 117 Å². The lowest BCUT2D eigenvalue weighted by Gasteiger charge is -2.61. The van der Waals surface area contributed by atoms with Gasteiger partial charge in [0.25, 0.3) is 0 Å². The third-order valence-corrected chi connectivity index (χ3v) is 10.5. The lowest BCUT2D eigenvalue weighted by molar-refractivity contribution is -0.127. The summed E-state index contributed by atoms with van der Waals surface area (Å²) in [5.41, 5.74) is 0.502. The van der Waals surface area contributed by atoms with Gasteiger partial charge in [0.05, 0.1) is 11.7 Å². The molecule has 8 unspecified atom stereocenters. The molecule has 2 nitrogen and oxygen atoms in total. The van der Waals surface area contributed by atoms with E-state index in [1.165, 1.54) is 51.4 Å². The van der Waals surface area contributed by atoms with Gasteiger partial charge in [-0.25, -0.2) is 0 Å². The number of hydrogen-bond donors (Lipinski definition) is 2. The first-order valence-electron chi connectivity index (χ1n) is 12.4. The van der Waals surface area contributed by atoms with Gasteiger partial charge in [0.15, 0.2) is 0 Å². The van der Waals surface area contributed by atoms with Gasteiger partial charge in [0.2, 0.25) is 0 Å². The normalized spacial score (nSPS) is 51.3. The van der Waals surface area contributed by atoms with Crippen molar-refractivity contribution in [3.05, 3.63) is 0 Å². The van der Waals surface area contributed by atoms with Crippen LogP contribution < -0.4 is 0 Å². The van der Waals surface area contributed by atoms with Gasteiger partial charge in [-0.2, -0.15) is 0 Å². The van der Waals surface area contributed by atoms with Crippen LogP contribution >= 0.6 is 0 Å². The van der Waals surface area contributed by atoms with Gasteiger partial charge in [-0.15, -0.1) is 0 Å². The van der Waals surface area contributed by atoms with Crippen LogP contribution in [0.15, 0.2) is 0 Å². The Bertz CT molecular complexity index is 565. The van der Waals surface area contributed by atoms with E-state index in [1.807, 2.05) is 13.8 Å². The van der Waals surface area contributed by atoms with Gasteiger partial charge in [0, 0.05) is 0 Å². The van der Waals surface area contributed by atoms with E-state index in [-0.39, 0.29) is 6.10 Å². The molecule has 4 rings (SSSR count). The van der Waals surface area contributed by atoms with E-state index in [0.29, 0.717) is 10.8 Å². The Morgan fingerprint density at radius 3 is 2.36 bits per heavy atom. The van der Waals surface area contributed by atoms with Crippen LogP contribution in [0.3, 0.4) is 0 Å². The number of aliphatic hydroxyl groups is 2. The van der Waals surface area contributed by atoms with Gasteiger partial charge in [-0.05, 0) is 124 Å². The Morgan fingerprint density at radius 1 is 0.929 bits per heavy atom. The quantitative estimate of drug-likeness (QED) is 0.600. The predicted octanol–water partition coefficient (Wildman–Crippen LogP) is 6.19. The second-order valence-corrected chi connectivity index (χ2v) is 12.7. The monoisotopic (exact) mass is 390 g/mol. The fraction of sp³-hybridized carbons (Fsp3) is 1.00. The highest BCUT2D eigenvalue weighted by molar-refractivity contribution is 5.10. The molecule has 4 aliphatic carbocycles. The molecule has 2 N–H and O–H groups in total. The van der Waals surface area contributed by atoms with E-state index in [9.17, 15) is 10.2 Å². The van der Waals surface area contributed by atoms with Crippen molar-refractivity contribution < 1.29 is 10.2 Å². The van der Waals surface area contributed by atoms with E-state index in [4.69, 9.17) is 0 Å². The Balaban J connectivity index is 1.50. The van der Waals surface area contributed by atoms with E-state index in [2.05, 4.69) is 20.8 Å². The molecule has 0 aromatic carbocycles. The van der Waals surface area contributed by atoms with Crippen molar-refractivity contribution in [3.8, 4) is 0 Å². The molecule has 4 aliphatic rings. The average Bonchev–Trinajstić information content (AvgIpc) is 2.85. The largest absolute Gasteiger partial charge is 0.393 e. The average molecular weight is 391 g/mol. The zero-order chi connectivity index (χ0) is 20.3. The summed E-state index contributed by atoms with van der Waals surface area (Å²) in [5.74, 6) is 5.20. The summed E-state index contributed by atoms with van der Waals surface area (Å²) in [6, 6.07) is 0. The molecule has 0 bridgehead atoms. The Hall–Kier alpha value is -0.0800. The molecule has 4 fully saturated rings. The zero-order valence-corrected chi connectivity index (χ0v) is 19.2. The molecule has 0 heterocycles. The summed E-state index contributed by atoms with van der Waals surface area (Å²) in [6.07, 6.45) is 13.8. The zero-order valence-electron chi connectivity index (χ0n) is 19.2. The predicted molar refractivity (Wildman–Crippen MR) is 116 cm³/mol. The third-order valence-electron chi connectivity index (χ3n) is 10.5. The van der Waals surface area contributed by atoms with Crippen LogP contribution in [-0.4, -0.2) is 21.9 Å². The molecule has 0 aliphatic heterocycles. The molecule has 9 atom stereocenters. The van der Waals surface area contributed by atoms with Gasteiger partial charge in [-0.3, -0.25) is 0 Å². The van der Waals surface area contributed by atoms with Crippen molar-refractivity contribution in [3.63, 3.8) is 0 Å². The highest BCUT2D eigenvalue weighted by Crippen LogP contribution is 2.68. The lowest BCUT2D eigenvalue weighted by Crippen LogP contribution is -2.53. The highest BCUT2D eigenvalue weighted by atomic mass is 16.3. The SMILES string of the molecule is C[C@@H]1CC2C3CCC4CC(O)CCC4(C)C3CCC2(C)C1CCCC(C)(C)O. The van der Waals surface area contributed by atoms with E-state index < -0.39 is 5.60 Å². The molecule has 162 valence electrons. The highest BCUT2D eigenvalue weighted by Gasteiger charge is 2.61. The Morgan fingerprint density at radius 2 is 1.64 bits per heavy atom. The number of aliphatic hydroxyl groups excluding tert-OH is 1. The first kappa shape index (κ1) is 21.2. The van der Waals surface area contributed by atoms with Crippen molar-refractivity contribution in [2.24, 2.45) is 46.3 Å². The van der Waals surface area contributed by atoms with Crippen molar-refractivity contribution in [1.29, 1.82) is 0 Å². The molecule has 28 heavy (non-hydrogen) atoms. The standard InChI is InChI=1S/C26H46O2/c1-17-15-23-20-9-8-18-16-19(27)10-13-25(18,4)22(20)11-14-26(23,5)21(17)7-6-12-24(2,3)28/h17-23,27-28H,6-16H2,1-5H3/t17-,18?,19?,20?,21?,22?,23?,25?,26?/m1/s1. The summed E-state index contributed by atoms with van der Waals surface area (Å²) in [7, 11) is 0. The first-order valence-corrected chi connectivity index (χ1v) is 12.4. The maximum Gasteiger partial charge on any atom is 0.0591 e. The molecular weight excluding hydrogens is 344 g/mol. The molecule has 0 aromatic heterocycles. The maximum atomic E-state index is 10.2. The molecule has 0 saturated heterocycles. The smallest absolute Gasteiger partial charge is 0.0591 e. The van der Waals surface area contributed by atoms with Gasteiger partial charge in [-0.1, -0.05) is 27.2 Å². The summed E-state index contributed by atoms with van der Waals surface area (Å²) in [5, 5.41) is 20.4. The van der Waals surface area contributed by atoms with Crippen LogP contribution in [0.25, 0.3) is 0 Å². The van der Waals surface area contributed by atoms with Crippen molar-refractivity contribution in [1.82, 2.24) is 0 Å². The molecule has 4 saturated carbocycles. The van der Waals surface area contributed by atoms with Crippen LogP contribution in [0.1, 0.15) is 105 Å².